The first-order valence-corrected chi connectivity index (χ1v) is 8.50. The maximum absolute atomic E-state index is 11.7. The number of carboxylic acid groups (broad SMARTS) is 1. The number of azo groups is 1. The van der Waals surface area contributed by atoms with Gasteiger partial charge in [0.25, 0.3) is 0 Å². The van der Waals surface area contributed by atoms with Gasteiger partial charge in [-0.2, -0.15) is 5.11 Å². The van der Waals surface area contributed by atoms with Gasteiger partial charge in [-0.05, 0) is 37.6 Å². The Morgan fingerprint density at radius 1 is 0.929 bits per heavy atom. The van der Waals surface area contributed by atoms with Gasteiger partial charge in [-0.15, -0.1) is 5.11 Å². The van der Waals surface area contributed by atoms with E-state index in [0.717, 1.165) is 11.1 Å². The number of anilines is 2. The normalized spacial score (nSPS) is 10.9. The van der Waals surface area contributed by atoms with Crippen molar-refractivity contribution < 1.29 is 20.1 Å². The number of carbonyl (C=O) groups is 1. The fraction of sp³-hybridized carbons (Fsp3) is 0.0952. The molecular formula is C21H19N3O4. The third-order valence-electron chi connectivity index (χ3n) is 4.18. The van der Waals surface area contributed by atoms with Crippen LogP contribution in [0, 0.1) is 13.8 Å². The zero-order chi connectivity index (χ0) is 20.3. The van der Waals surface area contributed by atoms with Crippen LogP contribution < -0.4 is 5.32 Å². The largest absolute Gasteiger partial charge is 0.506 e. The summed E-state index contributed by atoms with van der Waals surface area (Å²) < 4.78 is 0. The fourth-order valence-electron chi connectivity index (χ4n) is 2.62. The van der Waals surface area contributed by atoms with Crippen LogP contribution in [0.25, 0.3) is 0 Å². The van der Waals surface area contributed by atoms with Crippen LogP contribution >= 0.6 is 0 Å². The quantitative estimate of drug-likeness (QED) is 0.263. The third kappa shape index (κ3) is 3.93. The first-order chi connectivity index (χ1) is 13.4. The predicted octanol–water partition coefficient (Wildman–Crippen LogP) is 5.57. The van der Waals surface area contributed by atoms with Crippen molar-refractivity contribution in [3.8, 4) is 11.5 Å². The molecule has 0 heterocycles. The molecule has 3 rings (SSSR count). The molecule has 7 heteroatoms. The summed E-state index contributed by atoms with van der Waals surface area (Å²) in [5.41, 5.74) is 2.29. The lowest BCUT2D eigenvalue weighted by Crippen LogP contribution is -2.01. The van der Waals surface area contributed by atoms with E-state index in [-0.39, 0.29) is 11.4 Å². The van der Waals surface area contributed by atoms with Crippen LogP contribution in [0.2, 0.25) is 0 Å². The standard InChI is InChI=1S/C21H19N3O4/c1-12-7-9-14(10-8-12)23-24-19-17(25)11-16(20(26)18(19)21(27)28)22-15-6-4-3-5-13(15)2/h3-11,22,25-26H,1-2H3,(H,27,28). The van der Waals surface area contributed by atoms with Crippen LogP contribution in [-0.2, 0) is 0 Å². The van der Waals surface area contributed by atoms with Crippen LogP contribution in [-0.4, -0.2) is 21.3 Å². The summed E-state index contributed by atoms with van der Waals surface area (Å²) in [5.74, 6) is -2.38. The second-order valence-electron chi connectivity index (χ2n) is 6.30. The highest BCUT2D eigenvalue weighted by Gasteiger charge is 2.23. The molecule has 0 aromatic heterocycles. The minimum absolute atomic E-state index is 0.0542. The molecule has 3 aromatic rings. The molecular weight excluding hydrogens is 358 g/mol. The summed E-state index contributed by atoms with van der Waals surface area (Å²) in [6, 6.07) is 15.6. The number of carboxylic acids is 1. The van der Waals surface area contributed by atoms with Gasteiger partial charge in [0, 0.05) is 11.8 Å². The van der Waals surface area contributed by atoms with E-state index in [2.05, 4.69) is 15.5 Å². The van der Waals surface area contributed by atoms with E-state index >= 15 is 0 Å². The number of aromatic carboxylic acids is 1. The van der Waals surface area contributed by atoms with Gasteiger partial charge in [-0.1, -0.05) is 35.9 Å². The highest BCUT2D eigenvalue weighted by molar-refractivity contribution is 6.01. The van der Waals surface area contributed by atoms with Crippen molar-refractivity contribution in [2.75, 3.05) is 5.32 Å². The molecule has 0 amide bonds. The summed E-state index contributed by atoms with van der Waals surface area (Å²) in [4.78, 5) is 11.7. The number of benzene rings is 3. The average molecular weight is 377 g/mol. The highest BCUT2D eigenvalue weighted by Crippen LogP contribution is 2.44. The number of aromatic hydroxyl groups is 2. The van der Waals surface area contributed by atoms with Gasteiger partial charge in [0.2, 0.25) is 0 Å². The van der Waals surface area contributed by atoms with Crippen LogP contribution in [0.1, 0.15) is 21.5 Å². The number of phenols is 2. The molecule has 0 saturated carbocycles. The zero-order valence-corrected chi connectivity index (χ0v) is 15.3. The second-order valence-corrected chi connectivity index (χ2v) is 6.30. The molecule has 142 valence electrons. The first-order valence-electron chi connectivity index (χ1n) is 8.50. The Kier molecular flexibility index (Phi) is 5.26. The van der Waals surface area contributed by atoms with Crippen molar-refractivity contribution in [3.05, 3.63) is 71.3 Å². The van der Waals surface area contributed by atoms with E-state index in [1.807, 2.05) is 38.1 Å². The van der Waals surface area contributed by atoms with E-state index < -0.39 is 23.0 Å². The van der Waals surface area contributed by atoms with Crippen molar-refractivity contribution in [2.24, 2.45) is 10.2 Å². The molecule has 0 aliphatic rings. The Morgan fingerprint density at radius 3 is 2.25 bits per heavy atom. The molecule has 0 radical (unpaired) electrons. The number of phenolic OH excluding ortho intramolecular Hbond substituents is 1. The number of hydrogen-bond acceptors (Lipinski definition) is 6. The van der Waals surface area contributed by atoms with Crippen molar-refractivity contribution in [1.82, 2.24) is 0 Å². The van der Waals surface area contributed by atoms with Gasteiger partial charge in [0.1, 0.15) is 17.0 Å². The summed E-state index contributed by atoms with van der Waals surface area (Å²) >= 11 is 0. The molecule has 28 heavy (non-hydrogen) atoms. The van der Waals surface area contributed by atoms with E-state index in [0.29, 0.717) is 11.4 Å². The number of rotatable bonds is 5. The van der Waals surface area contributed by atoms with Gasteiger partial charge in [-0.3, -0.25) is 0 Å². The zero-order valence-electron chi connectivity index (χ0n) is 15.3. The Balaban J connectivity index is 2.04. The van der Waals surface area contributed by atoms with Gasteiger partial charge < -0.3 is 20.6 Å². The molecule has 0 aliphatic carbocycles. The minimum atomic E-state index is -1.43. The summed E-state index contributed by atoms with van der Waals surface area (Å²) in [6.45, 7) is 3.79. The minimum Gasteiger partial charge on any atom is -0.506 e. The molecule has 0 spiro atoms. The fourth-order valence-corrected chi connectivity index (χ4v) is 2.62. The lowest BCUT2D eigenvalue weighted by Gasteiger charge is -2.14. The lowest BCUT2D eigenvalue weighted by molar-refractivity contribution is 0.0694. The predicted molar refractivity (Wildman–Crippen MR) is 107 cm³/mol. The number of hydrogen-bond donors (Lipinski definition) is 4. The summed E-state index contributed by atoms with van der Waals surface area (Å²) in [5, 5.41) is 41.1. The molecule has 0 bridgehead atoms. The topological polar surface area (TPSA) is 115 Å². The van der Waals surface area contributed by atoms with Gasteiger partial charge in [0.05, 0.1) is 11.4 Å². The third-order valence-corrected chi connectivity index (χ3v) is 4.18. The summed E-state index contributed by atoms with van der Waals surface area (Å²) in [7, 11) is 0. The average Bonchev–Trinajstić information content (AvgIpc) is 2.66. The van der Waals surface area contributed by atoms with Crippen LogP contribution in [0.3, 0.4) is 0 Å². The lowest BCUT2D eigenvalue weighted by atomic mass is 10.1. The number of aryl methyl sites for hydroxylation is 2. The van der Waals surface area contributed by atoms with Crippen molar-refractivity contribution in [1.29, 1.82) is 0 Å². The van der Waals surface area contributed by atoms with Crippen LogP contribution in [0.5, 0.6) is 11.5 Å². The molecule has 0 atom stereocenters. The Labute approximate surface area is 161 Å². The van der Waals surface area contributed by atoms with Gasteiger partial charge in [0.15, 0.2) is 5.75 Å². The number of nitrogens with zero attached hydrogens (tertiary/aromatic N) is 2. The van der Waals surface area contributed by atoms with E-state index in [1.54, 1.807) is 24.3 Å². The molecule has 0 saturated heterocycles. The first kappa shape index (κ1) is 18.9. The van der Waals surface area contributed by atoms with E-state index in [9.17, 15) is 20.1 Å². The SMILES string of the molecule is Cc1ccc(N=Nc2c(O)cc(Nc3ccccc3C)c(O)c2C(=O)O)cc1. The maximum atomic E-state index is 11.7. The molecule has 7 nitrogen and oxygen atoms in total. The smallest absolute Gasteiger partial charge is 0.342 e. The molecule has 4 N–H and O–H groups in total. The molecule has 0 aliphatic heterocycles. The Morgan fingerprint density at radius 2 is 1.61 bits per heavy atom. The van der Waals surface area contributed by atoms with E-state index in [1.165, 1.54) is 6.07 Å². The highest BCUT2D eigenvalue weighted by atomic mass is 16.4. The van der Waals surface area contributed by atoms with Gasteiger partial charge >= 0.3 is 5.97 Å². The second kappa shape index (κ2) is 7.79. The number of nitrogens with one attached hydrogen (secondary N) is 1. The number of para-hydroxylation sites is 1. The van der Waals surface area contributed by atoms with Crippen molar-refractivity contribution >= 4 is 28.7 Å². The molecule has 0 unspecified atom stereocenters. The Bertz CT molecular complexity index is 1060. The van der Waals surface area contributed by atoms with Crippen molar-refractivity contribution in [3.63, 3.8) is 0 Å². The molecule has 0 fully saturated rings. The monoisotopic (exact) mass is 377 g/mol. The molecule has 3 aromatic carbocycles. The Hall–Kier alpha value is -3.87. The van der Waals surface area contributed by atoms with Crippen LogP contribution in [0.15, 0.2) is 64.8 Å². The van der Waals surface area contributed by atoms with Crippen molar-refractivity contribution in [2.45, 2.75) is 13.8 Å². The van der Waals surface area contributed by atoms with Gasteiger partial charge in [-0.25, -0.2) is 4.79 Å². The maximum Gasteiger partial charge on any atom is 0.342 e. The summed E-state index contributed by atoms with van der Waals surface area (Å²) in [6.07, 6.45) is 0. The van der Waals surface area contributed by atoms with Crippen LogP contribution in [0.4, 0.5) is 22.7 Å². The van der Waals surface area contributed by atoms with E-state index in [4.69, 9.17) is 0 Å².